The minimum absolute atomic E-state index is 0.0778. The van der Waals surface area contributed by atoms with Crippen molar-refractivity contribution in [3.63, 3.8) is 0 Å². The Bertz CT molecular complexity index is 1120. The molecule has 1 atom stereocenters. The molecule has 166 valence electrons. The van der Waals surface area contributed by atoms with Crippen LogP contribution in [0.3, 0.4) is 0 Å². The Morgan fingerprint density at radius 3 is 2.50 bits per heavy atom. The van der Waals surface area contributed by atoms with Crippen LogP contribution in [0.2, 0.25) is 0 Å². The third-order valence-corrected chi connectivity index (χ3v) is 6.24. The first-order valence-electron chi connectivity index (χ1n) is 11.2. The first-order chi connectivity index (χ1) is 15.7. The zero-order valence-electron chi connectivity index (χ0n) is 18.0. The zero-order valence-corrected chi connectivity index (χ0v) is 18.0. The van der Waals surface area contributed by atoms with Crippen molar-refractivity contribution in [2.24, 2.45) is 0 Å². The summed E-state index contributed by atoms with van der Waals surface area (Å²) >= 11 is 0. The summed E-state index contributed by atoms with van der Waals surface area (Å²) in [6.45, 7) is 2.37. The number of amides is 2. The highest BCUT2D eigenvalue weighted by Crippen LogP contribution is 2.31. The first-order valence-corrected chi connectivity index (χ1v) is 11.2. The van der Waals surface area contributed by atoms with Crippen LogP contribution < -0.4 is 9.47 Å². The number of para-hydroxylation sites is 3. The van der Waals surface area contributed by atoms with Crippen LogP contribution in [0.4, 0.5) is 0 Å². The second-order valence-electron chi connectivity index (χ2n) is 8.28. The van der Waals surface area contributed by atoms with Crippen LogP contribution in [0, 0.1) is 0 Å². The molecule has 2 amide bonds. The summed E-state index contributed by atoms with van der Waals surface area (Å²) < 4.78 is 11.5. The molecule has 2 aliphatic heterocycles. The highest BCUT2D eigenvalue weighted by Gasteiger charge is 2.33. The van der Waals surface area contributed by atoms with Gasteiger partial charge in [0, 0.05) is 49.7 Å². The molecule has 0 saturated carbocycles. The molecule has 3 aromatic rings. The fraction of sp³-hybridized carbons (Fsp3) is 0.360. The standard InChI is InChI=1S/C25H27N3O4/c29-24(11-5-6-18-16-26-20-8-2-1-7-19(18)20)27-12-14-28(15-13-27)25(30)23-17-31-21-9-3-4-10-22(21)32-23/h1-4,7-10,16,23,26H,5-6,11-15,17H2/t23-/m0/s1. The van der Waals surface area contributed by atoms with E-state index in [2.05, 4.69) is 17.1 Å². The van der Waals surface area contributed by atoms with Crippen LogP contribution in [0.15, 0.2) is 54.7 Å². The molecule has 3 heterocycles. The fourth-order valence-corrected chi connectivity index (χ4v) is 4.45. The lowest BCUT2D eigenvalue weighted by Crippen LogP contribution is -2.55. The second kappa shape index (κ2) is 8.94. The van der Waals surface area contributed by atoms with Crippen LogP contribution in [-0.4, -0.2) is 65.5 Å². The van der Waals surface area contributed by atoms with Gasteiger partial charge in [-0.2, -0.15) is 0 Å². The molecule has 0 radical (unpaired) electrons. The molecule has 2 aromatic carbocycles. The first kappa shape index (κ1) is 20.4. The summed E-state index contributed by atoms with van der Waals surface area (Å²) in [6, 6.07) is 15.6. The molecule has 0 aliphatic carbocycles. The second-order valence-corrected chi connectivity index (χ2v) is 8.28. The number of nitrogens with one attached hydrogen (secondary N) is 1. The third kappa shape index (κ3) is 4.15. The summed E-state index contributed by atoms with van der Waals surface area (Å²) in [5.41, 5.74) is 2.38. The Labute approximate surface area is 186 Å². The third-order valence-electron chi connectivity index (χ3n) is 6.24. The lowest BCUT2D eigenvalue weighted by molar-refractivity contribution is -0.146. The van der Waals surface area contributed by atoms with Crippen molar-refractivity contribution in [1.82, 2.24) is 14.8 Å². The molecule has 0 bridgehead atoms. The van der Waals surface area contributed by atoms with Crippen molar-refractivity contribution in [2.75, 3.05) is 32.8 Å². The van der Waals surface area contributed by atoms with Gasteiger partial charge in [-0.1, -0.05) is 30.3 Å². The normalized spacial score (nSPS) is 18.1. The lowest BCUT2D eigenvalue weighted by atomic mass is 10.1. The van der Waals surface area contributed by atoms with E-state index in [1.807, 2.05) is 47.5 Å². The minimum atomic E-state index is -0.636. The van der Waals surface area contributed by atoms with Crippen LogP contribution in [0.25, 0.3) is 10.9 Å². The molecular formula is C25H27N3O4. The molecule has 7 nitrogen and oxygen atoms in total. The summed E-state index contributed by atoms with van der Waals surface area (Å²) in [5, 5.41) is 1.23. The Kier molecular flexibility index (Phi) is 5.71. The van der Waals surface area contributed by atoms with Crippen molar-refractivity contribution >= 4 is 22.7 Å². The number of carbonyl (C=O) groups is 2. The predicted molar refractivity (Wildman–Crippen MR) is 121 cm³/mol. The number of ether oxygens (including phenoxy) is 2. The average molecular weight is 434 g/mol. The van der Waals surface area contributed by atoms with Gasteiger partial charge in [0.15, 0.2) is 11.5 Å². The number of rotatable bonds is 5. The maximum absolute atomic E-state index is 12.9. The monoisotopic (exact) mass is 433 g/mol. The molecule has 1 aromatic heterocycles. The number of hydrogen-bond acceptors (Lipinski definition) is 4. The number of carbonyl (C=O) groups excluding carboxylic acids is 2. The van der Waals surface area contributed by atoms with Crippen LogP contribution >= 0.6 is 0 Å². The maximum Gasteiger partial charge on any atom is 0.267 e. The van der Waals surface area contributed by atoms with Gasteiger partial charge in [0.05, 0.1) is 0 Å². The van der Waals surface area contributed by atoms with Gasteiger partial charge in [-0.25, -0.2) is 0 Å². The Morgan fingerprint density at radius 1 is 0.938 bits per heavy atom. The van der Waals surface area contributed by atoms with E-state index in [1.54, 1.807) is 4.90 Å². The van der Waals surface area contributed by atoms with Gasteiger partial charge in [-0.3, -0.25) is 9.59 Å². The molecule has 1 fully saturated rings. The number of H-pyrrole nitrogens is 1. The number of fused-ring (bicyclic) bond motifs is 2. The number of aromatic amines is 1. The molecule has 1 saturated heterocycles. The summed E-state index contributed by atoms with van der Waals surface area (Å²) in [6.07, 6.45) is 3.60. The van der Waals surface area contributed by atoms with E-state index in [-0.39, 0.29) is 18.4 Å². The van der Waals surface area contributed by atoms with E-state index in [4.69, 9.17) is 9.47 Å². The number of aryl methyl sites for hydroxylation is 1. The summed E-state index contributed by atoms with van der Waals surface area (Å²) in [5.74, 6) is 1.34. The average Bonchev–Trinajstić information content (AvgIpc) is 3.26. The van der Waals surface area contributed by atoms with Gasteiger partial charge in [0.1, 0.15) is 6.61 Å². The van der Waals surface area contributed by atoms with Gasteiger partial charge in [-0.05, 0) is 36.6 Å². The topological polar surface area (TPSA) is 74.9 Å². The number of nitrogens with zero attached hydrogens (tertiary/aromatic N) is 2. The highest BCUT2D eigenvalue weighted by atomic mass is 16.6. The van der Waals surface area contributed by atoms with Gasteiger partial charge in [-0.15, -0.1) is 0 Å². The lowest BCUT2D eigenvalue weighted by Gasteiger charge is -2.37. The van der Waals surface area contributed by atoms with E-state index >= 15 is 0 Å². The molecule has 2 aliphatic rings. The molecule has 1 N–H and O–H groups in total. The molecule has 32 heavy (non-hydrogen) atoms. The van der Waals surface area contributed by atoms with E-state index in [9.17, 15) is 9.59 Å². The number of hydrogen-bond donors (Lipinski definition) is 1. The Balaban J connectivity index is 1.08. The SMILES string of the molecule is O=C(CCCc1c[nH]c2ccccc12)N1CCN(C(=O)[C@@H]2COc3ccccc3O2)CC1. The largest absolute Gasteiger partial charge is 0.485 e. The van der Waals surface area contributed by atoms with Crippen LogP contribution in [0.1, 0.15) is 18.4 Å². The number of benzene rings is 2. The van der Waals surface area contributed by atoms with Gasteiger partial charge in [0.2, 0.25) is 12.0 Å². The quantitative estimate of drug-likeness (QED) is 0.671. The van der Waals surface area contributed by atoms with E-state index in [0.29, 0.717) is 44.1 Å². The summed E-state index contributed by atoms with van der Waals surface area (Å²) in [7, 11) is 0. The van der Waals surface area contributed by atoms with E-state index < -0.39 is 6.10 Å². The highest BCUT2D eigenvalue weighted by molar-refractivity contribution is 5.84. The summed E-state index contributed by atoms with van der Waals surface area (Å²) in [4.78, 5) is 32.5. The molecule has 0 spiro atoms. The smallest absolute Gasteiger partial charge is 0.267 e. The minimum Gasteiger partial charge on any atom is -0.485 e. The van der Waals surface area contributed by atoms with Gasteiger partial charge >= 0.3 is 0 Å². The number of piperazine rings is 1. The maximum atomic E-state index is 12.9. The van der Waals surface area contributed by atoms with Crippen LogP contribution in [0.5, 0.6) is 11.5 Å². The molecule has 7 heteroatoms. The van der Waals surface area contributed by atoms with Crippen molar-refractivity contribution in [3.05, 3.63) is 60.3 Å². The van der Waals surface area contributed by atoms with Crippen molar-refractivity contribution in [1.29, 1.82) is 0 Å². The number of aromatic nitrogens is 1. The zero-order chi connectivity index (χ0) is 21.9. The van der Waals surface area contributed by atoms with E-state index in [1.165, 1.54) is 10.9 Å². The van der Waals surface area contributed by atoms with Gasteiger partial charge in [0.25, 0.3) is 5.91 Å². The van der Waals surface area contributed by atoms with E-state index in [0.717, 1.165) is 18.4 Å². The Hall–Kier alpha value is -3.48. The predicted octanol–water partition coefficient (Wildman–Crippen LogP) is 3.00. The molecule has 5 rings (SSSR count). The van der Waals surface area contributed by atoms with Crippen molar-refractivity contribution < 1.29 is 19.1 Å². The van der Waals surface area contributed by atoms with Crippen molar-refractivity contribution in [2.45, 2.75) is 25.4 Å². The molecule has 0 unspecified atom stereocenters. The van der Waals surface area contributed by atoms with Crippen LogP contribution in [-0.2, 0) is 16.0 Å². The molecular weight excluding hydrogens is 406 g/mol. The van der Waals surface area contributed by atoms with Crippen molar-refractivity contribution in [3.8, 4) is 11.5 Å². The van der Waals surface area contributed by atoms with Gasteiger partial charge < -0.3 is 24.3 Å². The fourth-order valence-electron chi connectivity index (χ4n) is 4.45. The Morgan fingerprint density at radius 2 is 1.66 bits per heavy atom.